The van der Waals surface area contributed by atoms with Gasteiger partial charge in [-0.3, -0.25) is 14.4 Å². The minimum atomic E-state index is -2.28. The lowest BCUT2D eigenvalue weighted by atomic mass is 9.29. The highest BCUT2D eigenvalue weighted by molar-refractivity contribution is 5.97. The van der Waals surface area contributed by atoms with E-state index in [2.05, 4.69) is 5.32 Å². The van der Waals surface area contributed by atoms with Gasteiger partial charge >= 0.3 is 36.1 Å². The third kappa shape index (κ3) is 6.02. The van der Waals surface area contributed by atoms with Crippen molar-refractivity contribution in [1.29, 1.82) is 0 Å². The molecule has 4 aliphatic carbocycles. The fourth-order valence-electron chi connectivity index (χ4n) is 10.9. The van der Waals surface area contributed by atoms with E-state index in [0.717, 1.165) is 13.8 Å². The molecule has 7 rings (SSSR count). The van der Waals surface area contributed by atoms with E-state index in [1.54, 1.807) is 52.8 Å². The van der Waals surface area contributed by atoms with Crippen LogP contribution in [-0.4, -0.2) is 124 Å². The second-order valence-electron chi connectivity index (χ2n) is 18.2. The molecule has 1 aromatic rings. The minimum Gasteiger partial charge on any atom is -0.454 e. The standard InChI is InChI=1S/C43H51NO17/c1-19(2)16-24(44-36(52)60-38(6,7)8)28(48)34(51)59-42-20(3)27-29(55-21(4)45)31(49)39(9)25(47)17-26-41(18-54-26,58-22(5)46)30(39)32(56-33(50)23-14-12-11-13-15-23)43(40(27,42)10)35(42)57-37(53)61-43/h11-16,24-26,28-30,32,35,47-48H,17-18H2,1-10H3,(H,44,52)/t24-,25-,26+,28+,29+,30-,32-,35-,39+,40?,41-,42-,43-/m0/s1. The highest BCUT2D eigenvalue weighted by Gasteiger charge is 2.99. The second-order valence-corrected chi connectivity index (χ2v) is 18.2. The molecule has 18 heteroatoms. The van der Waals surface area contributed by atoms with E-state index in [1.807, 2.05) is 0 Å². The third-order valence-electron chi connectivity index (χ3n) is 13.3. The molecule has 1 aromatic carbocycles. The van der Waals surface area contributed by atoms with Gasteiger partial charge in [0.1, 0.15) is 11.7 Å². The van der Waals surface area contributed by atoms with Crippen LogP contribution in [0.3, 0.4) is 0 Å². The number of esters is 4. The van der Waals surface area contributed by atoms with Crippen LogP contribution < -0.4 is 5.32 Å². The van der Waals surface area contributed by atoms with Crippen molar-refractivity contribution in [2.45, 2.75) is 141 Å². The van der Waals surface area contributed by atoms with E-state index in [1.165, 1.54) is 39.0 Å². The number of nitrogens with one attached hydrogen (secondary N) is 1. The summed E-state index contributed by atoms with van der Waals surface area (Å²) in [6.45, 7) is 14.3. The molecule has 0 aromatic heterocycles. The molecule has 1 unspecified atom stereocenters. The number of benzene rings is 1. The van der Waals surface area contributed by atoms with Crippen molar-refractivity contribution < 1.29 is 81.7 Å². The van der Waals surface area contributed by atoms with Crippen molar-refractivity contribution in [3.8, 4) is 0 Å². The Kier molecular flexibility index (Phi) is 10.3. The molecular weight excluding hydrogens is 802 g/mol. The number of aliphatic hydroxyl groups excluding tert-OH is 2. The van der Waals surface area contributed by atoms with Gasteiger partial charge in [-0.05, 0) is 78.7 Å². The SMILES string of the molecule is CC(=O)O[C@H]1C(=O)[C@@]2(C)[C@H]([C@H](OC(=O)c3ccccc3)[C@]34OC(=O)O[C@H]3[C@@]3(OC(=O)[C@H](O)[C@H](C=C(C)C)NC(=O)OC(C)(C)C)C(C)=C1C43C)[C@]1(OC(C)=O)CO[C@@H]1C[C@@H]2O. The highest BCUT2D eigenvalue weighted by atomic mass is 16.8. The van der Waals surface area contributed by atoms with Crippen LogP contribution in [0.1, 0.15) is 86.0 Å². The normalized spacial score (nSPS) is 37.4. The minimum absolute atomic E-state index is 0.0153. The molecule has 330 valence electrons. The predicted molar refractivity (Wildman–Crippen MR) is 205 cm³/mol. The first-order valence-corrected chi connectivity index (χ1v) is 20.0. The lowest BCUT2D eigenvalue weighted by Gasteiger charge is -2.78. The Bertz CT molecular complexity index is 2160. The van der Waals surface area contributed by atoms with E-state index in [0.29, 0.717) is 5.57 Å². The molecule has 1 amide bonds. The van der Waals surface area contributed by atoms with Crippen LogP contribution in [-0.2, 0) is 57.1 Å². The summed E-state index contributed by atoms with van der Waals surface area (Å²) < 4.78 is 47.9. The molecule has 2 aliphatic heterocycles. The fraction of sp³-hybridized carbons (Fsp3) is 0.605. The second kappa shape index (κ2) is 14.4. The molecule has 18 nitrogen and oxygen atoms in total. The quantitative estimate of drug-likeness (QED) is 0.184. The van der Waals surface area contributed by atoms with Crippen LogP contribution >= 0.6 is 0 Å². The van der Waals surface area contributed by atoms with Crippen LogP contribution in [0, 0.1) is 16.7 Å². The summed E-state index contributed by atoms with van der Waals surface area (Å²) >= 11 is 0. The van der Waals surface area contributed by atoms with E-state index in [9.17, 15) is 39.0 Å². The monoisotopic (exact) mass is 853 g/mol. The zero-order valence-electron chi connectivity index (χ0n) is 35.5. The first-order valence-electron chi connectivity index (χ1n) is 20.0. The Balaban J connectivity index is 1.45. The number of ketones is 1. The predicted octanol–water partition coefficient (Wildman–Crippen LogP) is 2.94. The Morgan fingerprint density at radius 2 is 1.62 bits per heavy atom. The van der Waals surface area contributed by atoms with E-state index >= 15 is 4.79 Å². The summed E-state index contributed by atoms with van der Waals surface area (Å²) in [7, 11) is 0. The molecule has 61 heavy (non-hydrogen) atoms. The van der Waals surface area contributed by atoms with Crippen molar-refractivity contribution in [2.24, 2.45) is 16.7 Å². The first-order chi connectivity index (χ1) is 28.3. The van der Waals surface area contributed by atoms with Crippen LogP contribution in [0.5, 0.6) is 0 Å². The molecule has 0 radical (unpaired) electrons. The number of hydrogen-bond donors (Lipinski definition) is 3. The smallest absolute Gasteiger partial charge is 0.454 e. The number of fused-ring (bicyclic) bond motifs is 4. The van der Waals surface area contributed by atoms with Gasteiger partial charge in [-0.15, -0.1) is 0 Å². The van der Waals surface area contributed by atoms with Gasteiger partial charge in [-0.2, -0.15) is 0 Å². The summed E-state index contributed by atoms with van der Waals surface area (Å²) in [6.07, 6.45) is -11.3. The average molecular weight is 854 g/mol. The molecule has 3 N–H and O–H groups in total. The van der Waals surface area contributed by atoms with Gasteiger partial charge in [0, 0.05) is 20.3 Å². The lowest BCUT2D eigenvalue weighted by molar-refractivity contribution is -0.383. The maximum atomic E-state index is 15.4. The van der Waals surface area contributed by atoms with Gasteiger partial charge in [-0.1, -0.05) is 29.8 Å². The summed E-state index contributed by atoms with van der Waals surface area (Å²) in [5.41, 5.74) is -10.6. The maximum Gasteiger partial charge on any atom is 0.509 e. The number of alkyl carbamates (subject to hydrolysis) is 1. The number of Topliss-reactive ketones (excluding diaryl/α,β-unsaturated/α-hetero) is 1. The number of amides is 1. The van der Waals surface area contributed by atoms with Crippen LogP contribution in [0.25, 0.3) is 0 Å². The molecular formula is C43H51NO17. The van der Waals surface area contributed by atoms with Gasteiger partial charge < -0.3 is 53.4 Å². The summed E-state index contributed by atoms with van der Waals surface area (Å²) in [4.78, 5) is 96.8. The number of aliphatic hydroxyl groups is 2. The summed E-state index contributed by atoms with van der Waals surface area (Å²) in [5, 5.41) is 26.2. The fourth-order valence-corrected chi connectivity index (χ4v) is 10.9. The molecule has 1 spiro atoms. The molecule has 13 atom stereocenters. The van der Waals surface area contributed by atoms with Crippen molar-refractivity contribution >= 4 is 41.9 Å². The van der Waals surface area contributed by atoms with Crippen molar-refractivity contribution in [1.82, 2.24) is 5.32 Å². The van der Waals surface area contributed by atoms with Crippen molar-refractivity contribution in [2.75, 3.05) is 6.61 Å². The van der Waals surface area contributed by atoms with Gasteiger partial charge in [0.25, 0.3) is 0 Å². The number of rotatable bonds is 9. The van der Waals surface area contributed by atoms with E-state index in [4.69, 9.17) is 37.9 Å². The van der Waals surface area contributed by atoms with Gasteiger partial charge in [0.05, 0.1) is 41.1 Å². The largest absolute Gasteiger partial charge is 0.509 e. The molecule has 6 aliphatic rings. The van der Waals surface area contributed by atoms with Gasteiger partial charge in [-0.25, -0.2) is 19.2 Å². The molecule has 2 saturated heterocycles. The topological polar surface area (TPSA) is 246 Å². The Morgan fingerprint density at radius 3 is 2.18 bits per heavy atom. The van der Waals surface area contributed by atoms with Gasteiger partial charge in [0.15, 0.2) is 41.4 Å². The zero-order valence-corrected chi connectivity index (χ0v) is 35.5. The lowest BCUT2D eigenvalue weighted by Crippen LogP contribution is -2.95. The van der Waals surface area contributed by atoms with Crippen LogP contribution in [0.2, 0.25) is 0 Å². The average Bonchev–Trinajstić information content (AvgIpc) is 3.49. The van der Waals surface area contributed by atoms with Crippen LogP contribution in [0.4, 0.5) is 9.59 Å². The Labute approximate surface area is 351 Å². The van der Waals surface area contributed by atoms with Gasteiger partial charge in [0.2, 0.25) is 5.60 Å². The number of allylic oxidation sites excluding steroid dienone is 1. The van der Waals surface area contributed by atoms with E-state index in [-0.39, 0.29) is 29.7 Å². The number of ether oxygens (including phenoxy) is 8. The Morgan fingerprint density at radius 1 is 0.967 bits per heavy atom. The van der Waals surface area contributed by atoms with Crippen molar-refractivity contribution in [3.63, 3.8) is 0 Å². The molecule has 3 saturated carbocycles. The summed E-state index contributed by atoms with van der Waals surface area (Å²) in [5.74, 6) is -6.54. The molecule has 2 heterocycles. The molecule has 5 fully saturated rings. The number of carbonyl (C=O) groups is 7. The number of hydrogen-bond acceptors (Lipinski definition) is 17. The first kappa shape index (κ1) is 43.7. The van der Waals surface area contributed by atoms with Crippen molar-refractivity contribution in [3.05, 3.63) is 58.7 Å². The van der Waals surface area contributed by atoms with Crippen LogP contribution in [0.15, 0.2) is 53.1 Å². The highest BCUT2D eigenvalue weighted by Crippen LogP contribution is 2.81. The molecule has 0 bridgehead atoms. The zero-order chi connectivity index (χ0) is 45.0. The third-order valence-corrected chi connectivity index (χ3v) is 13.3. The number of carbonyl (C=O) groups excluding carboxylic acids is 7. The maximum absolute atomic E-state index is 15.4. The van der Waals surface area contributed by atoms with E-state index < -0.39 is 124 Å². The summed E-state index contributed by atoms with van der Waals surface area (Å²) in [6, 6.07) is 6.30. The Hall–Kier alpha value is -5.33.